The topological polar surface area (TPSA) is 75.7 Å². The number of carbonyl (C=O) groups is 1. The van der Waals surface area contributed by atoms with Crippen LogP contribution in [-0.2, 0) is 14.8 Å². The van der Waals surface area contributed by atoms with Crippen molar-refractivity contribution in [1.82, 2.24) is 4.31 Å². The van der Waals surface area contributed by atoms with Gasteiger partial charge in [0.05, 0.1) is 17.0 Å². The highest BCUT2D eigenvalue weighted by Crippen LogP contribution is 2.29. The number of halogens is 1. The number of hydrogen-bond acceptors (Lipinski definition) is 4. The van der Waals surface area contributed by atoms with Crippen molar-refractivity contribution in [3.05, 3.63) is 52.5 Å². The summed E-state index contributed by atoms with van der Waals surface area (Å²) in [5, 5.41) is 3.28. The Bertz CT molecular complexity index is 1020. The van der Waals surface area contributed by atoms with Gasteiger partial charge in [-0.15, -0.1) is 0 Å². The predicted octanol–water partition coefficient (Wildman–Crippen LogP) is 4.00. The maximum absolute atomic E-state index is 13.0. The molecule has 0 radical (unpaired) electrons. The molecule has 1 aliphatic rings. The van der Waals surface area contributed by atoms with Crippen molar-refractivity contribution in [2.75, 3.05) is 25.5 Å². The van der Waals surface area contributed by atoms with Crippen LogP contribution < -0.4 is 10.1 Å². The SMILES string of the molecule is COc1ccc(NC(=O)C2CCN(S(=O)(=O)c3cc(C)ccc3C)CC2)cc1Cl. The van der Waals surface area contributed by atoms with Gasteiger partial charge in [0.25, 0.3) is 0 Å². The molecule has 0 saturated carbocycles. The quantitative estimate of drug-likeness (QED) is 0.768. The molecule has 1 saturated heterocycles. The van der Waals surface area contributed by atoms with Gasteiger partial charge in [-0.05, 0) is 62.1 Å². The monoisotopic (exact) mass is 436 g/mol. The summed E-state index contributed by atoms with van der Waals surface area (Å²) in [6.07, 6.45) is 0.944. The Labute approximate surface area is 176 Å². The molecule has 2 aromatic rings. The summed E-state index contributed by atoms with van der Waals surface area (Å²) < 4.78 is 32.6. The summed E-state index contributed by atoms with van der Waals surface area (Å²) in [5.41, 5.74) is 2.22. The maximum atomic E-state index is 13.0. The van der Waals surface area contributed by atoms with E-state index in [9.17, 15) is 13.2 Å². The van der Waals surface area contributed by atoms with Crippen molar-refractivity contribution in [3.8, 4) is 5.75 Å². The molecule has 1 aliphatic heterocycles. The molecule has 2 aromatic carbocycles. The number of sulfonamides is 1. The third-order valence-electron chi connectivity index (χ3n) is 5.21. The number of nitrogens with zero attached hydrogens (tertiary/aromatic N) is 1. The number of piperidine rings is 1. The van der Waals surface area contributed by atoms with Gasteiger partial charge in [0, 0.05) is 24.7 Å². The Kier molecular flexibility index (Phi) is 6.51. The van der Waals surface area contributed by atoms with Crippen molar-refractivity contribution in [2.24, 2.45) is 5.92 Å². The standard InChI is InChI=1S/C21H25ClN2O4S/c1-14-4-5-15(2)20(12-14)29(26,27)24-10-8-16(9-11-24)21(25)23-17-6-7-19(28-3)18(22)13-17/h4-7,12-13,16H,8-11H2,1-3H3,(H,23,25). The first-order valence-electron chi connectivity index (χ1n) is 9.44. The molecule has 0 bridgehead atoms. The van der Waals surface area contributed by atoms with Gasteiger partial charge in [-0.3, -0.25) is 4.79 Å². The van der Waals surface area contributed by atoms with E-state index in [4.69, 9.17) is 16.3 Å². The van der Waals surface area contributed by atoms with Gasteiger partial charge >= 0.3 is 0 Å². The molecule has 3 rings (SSSR count). The smallest absolute Gasteiger partial charge is 0.243 e. The fraction of sp³-hybridized carbons (Fsp3) is 0.381. The lowest BCUT2D eigenvalue weighted by Gasteiger charge is -2.31. The number of benzene rings is 2. The lowest BCUT2D eigenvalue weighted by atomic mass is 9.97. The lowest BCUT2D eigenvalue weighted by molar-refractivity contribution is -0.120. The number of hydrogen-bond donors (Lipinski definition) is 1. The Morgan fingerprint density at radius 2 is 1.83 bits per heavy atom. The van der Waals surface area contributed by atoms with Crippen LogP contribution in [0.25, 0.3) is 0 Å². The average molecular weight is 437 g/mol. The molecule has 0 unspecified atom stereocenters. The van der Waals surface area contributed by atoms with E-state index in [1.54, 1.807) is 31.2 Å². The summed E-state index contributed by atoms with van der Waals surface area (Å²) in [6, 6.07) is 10.5. The molecule has 0 aromatic heterocycles. The Morgan fingerprint density at radius 3 is 2.45 bits per heavy atom. The number of carbonyl (C=O) groups excluding carboxylic acids is 1. The summed E-state index contributed by atoms with van der Waals surface area (Å²) in [7, 11) is -2.04. The third-order valence-corrected chi connectivity index (χ3v) is 7.54. The Morgan fingerprint density at radius 1 is 1.14 bits per heavy atom. The minimum absolute atomic E-state index is 0.130. The minimum atomic E-state index is -3.57. The predicted molar refractivity (Wildman–Crippen MR) is 114 cm³/mol. The summed E-state index contributed by atoms with van der Waals surface area (Å²) in [5.74, 6) is 0.158. The van der Waals surface area contributed by atoms with Crippen LogP contribution in [0.1, 0.15) is 24.0 Å². The normalized spacial score (nSPS) is 15.9. The van der Waals surface area contributed by atoms with Gasteiger partial charge in [0.1, 0.15) is 5.75 Å². The number of aryl methyl sites for hydroxylation is 2. The highest BCUT2D eigenvalue weighted by atomic mass is 35.5. The Balaban J connectivity index is 1.64. The van der Waals surface area contributed by atoms with Gasteiger partial charge in [-0.25, -0.2) is 8.42 Å². The first-order chi connectivity index (χ1) is 13.7. The van der Waals surface area contributed by atoms with Crippen LogP contribution in [0.4, 0.5) is 5.69 Å². The average Bonchev–Trinajstić information content (AvgIpc) is 2.70. The number of anilines is 1. The van der Waals surface area contributed by atoms with Crippen molar-refractivity contribution in [3.63, 3.8) is 0 Å². The first kappa shape index (κ1) is 21.6. The summed E-state index contributed by atoms with van der Waals surface area (Å²) >= 11 is 6.10. The van der Waals surface area contributed by atoms with E-state index in [2.05, 4.69) is 5.32 Å². The molecule has 1 fully saturated rings. The molecule has 6 nitrogen and oxygen atoms in total. The largest absolute Gasteiger partial charge is 0.495 e. The molecule has 29 heavy (non-hydrogen) atoms. The molecular formula is C21H25ClN2O4S. The van der Waals surface area contributed by atoms with E-state index in [0.717, 1.165) is 11.1 Å². The van der Waals surface area contributed by atoms with Crippen LogP contribution in [-0.4, -0.2) is 38.8 Å². The van der Waals surface area contributed by atoms with Crippen LogP contribution >= 0.6 is 11.6 Å². The molecule has 0 atom stereocenters. The fourth-order valence-corrected chi connectivity index (χ4v) is 5.51. The highest BCUT2D eigenvalue weighted by Gasteiger charge is 2.33. The van der Waals surface area contributed by atoms with E-state index < -0.39 is 10.0 Å². The van der Waals surface area contributed by atoms with Crippen molar-refractivity contribution < 1.29 is 17.9 Å². The number of nitrogens with one attached hydrogen (secondary N) is 1. The molecule has 8 heteroatoms. The van der Waals surface area contributed by atoms with Gasteiger partial charge < -0.3 is 10.1 Å². The maximum Gasteiger partial charge on any atom is 0.243 e. The number of amides is 1. The van der Waals surface area contributed by atoms with Crippen LogP contribution in [0.15, 0.2) is 41.3 Å². The van der Waals surface area contributed by atoms with Gasteiger partial charge in [-0.1, -0.05) is 23.7 Å². The van der Waals surface area contributed by atoms with Crippen molar-refractivity contribution >= 4 is 33.2 Å². The van der Waals surface area contributed by atoms with Gasteiger partial charge in [0.15, 0.2) is 0 Å². The fourth-order valence-electron chi connectivity index (χ4n) is 3.47. The minimum Gasteiger partial charge on any atom is -0.495 e. The van der Waals surface area contributed by atoms with Gasteiger partial charge in [-0.2, -0.15) is 4.31 Å². The van der Waals surface area contributed by atoms with Crippen LogP contribution in [0, 0.1) is 19.8 Å². The van der Waals surface area contributed by atoms with E-state index >= 15 is 0 Å². The lowest BCUT2D eigenvalue weighted by Crippen LogP contribution is -2.41. The highest BCUT2D eigenvalue weighted by molar-refractivity contribution is 7.89. The van der Waals surface area contributed by atoms with Crippen molar-refractivity contribution in [1.29, 1.82) is 0 Å². The zero-order valence-electron chi connectivity index (χ0n) is 16.7. The zero-order chi connectivity index (χ0) is 21.2. The summed E-state index contributed by atoms with van der Waals surface area (Å²) in [4.78, 5) is 12.9. The molecule has 1 N–H and O–H groups in total. The van der Waals surface area contributed by atoms with Crippen molar-refractivity contribution in [2.45, 2.75) is 31.6 Å². The number of ether oxygens (including phenoxy) is 1. The van der Waals surface area contributed by atoms with Crippen LogP contribution in [0.2, 0.25) is 5.02 Å². The molecule has 156 valence electrons. The first-order valence-corrected chi connectivity index (χ1v) is 11.3. The van der Waals surface area contributed by atoms with E-state index in [0.29, 0.717) is 47.3 Å². The summed E-state index contributed by atoms with van der Waals surface area (Å²) in [6.45, 7) is 4.31. The Hall–Kier alpha value is -2.09. The van der Waals surface area contributed by atoms with Crippen LogP contribution in [0.3, 0.4) is 0 Å². The van der Waals surface area contributed by atoms with E-state index in [1.807, 2.05) is 19.1 Å². The van der Waals surface area contributed by atoms with Gasteiger partial charge in [0.2, 0.25) is 15.9 Å². The number of methoxy groups -OCH3 is 1. The molecular weight excluding hydrogens is 412 g/mol. The number of rotatable bonds is 5. The molecule has 0 spiro atoms. The second kappa shape index (κ2) is 8.73. The van der Waals surface area contributed by atoms with E-state index in [1.165, 1.54) is 11.4 Å². The molecule has 0 aliphatic carbocycles. The van der Waals surface area contributed by atoms with Crippen LogP contribution in [0.5, 0.6) is 5.75 Å². The second-order valence-electron chi connectivity index (χ2n) is 7.29. The third kappa shape index (κ3) is 4.74. The molecule has 1 amide bonds. The second-order valence-corrected chi connectivity index (χ2v) is 9.60. The molecule has 1 heterocycles. The zero-order valence-corrected chi connectivity index (χ0v) is 18.3. The van der Waals surface area contributed by atoms with E-state index in [-0.39, 0.29) is 11.8 Å².